The van der Waals surface area contributed by atoms with Crippen LogP contribution in [0.25, 0.3) is 17.4 Å². The maximum atomic E-state index is 12.7. The van der Waals surface area contributed by atoms with Gasteiger partial charge in [-0.3, -0.25) is 14.5 Å². The van der Waals surface area contributed by atoms with Crippen molar-refractivity contribution in [3.63, 3.8) is 0 Å². The van der Waals surface area contributed by atoms with Crippen molar-refractivity contribution in [2.24, 2.45) is 0 Å². The van der Waals surface area contributed by atoms with Gasteiger partial charge in [0, 0.05) is 29.8 Å². The van der Waals surface area contributed by atoms with Gasteiger partial charge >= 0.3 is 0 Å². The largest absolute Gasteiger partial charge is 0.457 e. The van der Waals surface area contributed by atoms with Gasteiger partial charge in [0.2, 0.25) is 5.91 Å². The zero-order valence-electron chi connectivity index (χ0n) is 15.8. The van der Waals surface area contributed by atoms with Crippen LogP contribution in [0, 0.1) is 0 Å². The fourth-order valence-corrected chi connectivity index (χ4v) is 4.46. The zero-order valence-corrected chi connectivity index (χ0v) is 18.9. The highest BCUT2D eigenvalue weighted by atomic mass is 35.5. The fourth-order valence-electron chi connectivity index (χ4n) is 2.84. The molecule has 0 unspecified atom stereocenters. The Bertz CT molecular complexity index is 999. The maximum absolute atomic E-state index is 12.7. The van der Waals surface area contributed by atoms with Gasteiger partial charge in [-0.1, -0.05) is 47.2 Å². The summed E-state index contributed by atoms with van der Waals surface area (Å²) < 4.78 is 6.17. The molecule has 9 heteroatoms. The van der Waals surface area contributed by atoms with E-state index in [-0.39, 0.29) is 18.4 Å². The smallest absolute Gasteiger partial charge is 0.266 e. The molecule has 1 aromatic carbocycles. The Balaban J connectivity index is 1.79. The molecular formula is C20H18Cl2N2O3S2. The Labute approximate surface area is 188 Å². The van der Waals surface area contributed by atoms with Crippen molar-refractivity contribution in [2.45, 2.75) is 13.8 Å². The van der Waals surface area contributed by atoms with Crippen molar-refractivity contribution < 1.29 is 14.0 Å². The molecule has 0 atom stereocenters. The van der Waals surface area contributed by atoms with Crippen LogP contribution in [-0.4, -0.2) is 45.6 Å². The minimum atomic E-state index is -0.306. The van der Waals surface area contributed by atoms with Crippen LogP contribution in [0.15, 0.2) is 39.7 Å². The van der Waals surface area contributed by atoms with Crippen LogP contribution in [0.2, 0.25) is 10.0 Å². The summed E-state index contributed by atoms with van der Waals surface area (Å²) in [6.45, 7) is 4.89. The van der Waals surface area contributed by atoms with Gasteiger partial charge in [-0.2, -0.15) is 0 Å². The molecule has 2 heterocycles. The highest BCUT2D eigenvalue weighted by molar-refractivity contribution is 8.26. The normalized spacial score (nSPS) is 15.4. The number of hydrogen-bond acceptors (Lipinski definition) is 5. The molecule has 0 saturated carbocycles. The Kier molecular flexibility index (Phi) is 7.05. The first-order valence-corrected chi connectivity index (χ1v) is 10.9. The number of carbonyl (C=O) groups is 2. The van der Waals surface area contributed by atoms with E-state index in [0.717, 1.165) is 11.8 Å². The van der Waals surface area contributed by atoms with E-state index >= 15 is 0 Å². The van der Waals surface area contributed by atoms with E-state index in [9.17, 15) is 9.59 Å². The average molecular weight is 469 g/mol. The maximum Gasteiger partial charge on any atom is 0.266 e. The first kappa shape index (κ1) is 21.9. The summed E-state index contributed by atoms with van der Waals surface area (Å²) in [5.41, 5.74) is 0.663. The predicted molar refractivity (Wildman–Crippen MR) is 122 cm³/mol. The van der Waals surface area contributed by atoms with Gasteiger partial charge in [-0.15, -0.1) is 0 Å². The van der Waals surface area contributed by atoms with Gasteiger partial charge in [-0.25, -0.2) is 0 Å². The van der Waals surface area contributed by atoms with Crippen molar-refractivity contribution in [1.29, 1.82) is 0 Å². The van der Waals surface area contributed by atoms with Crippen LogP contribution in [0.3, 0.4) is 0 Å². The number of thiocarbonyl (C=S) groups is 1. The molecule has 1 fully saturated rings. The fraction of sp³-hybridized carbons (Fsp3) is 0.250. The second-order valence-electron chi connectivity index (χ2n) is 6.16. The van der Waals surface area contributed by atoms with E-state index in [1.165, 1.54) is 4.90 Å². The number of furan rings is 1. The van der Waals surface area contributed by atoms with E-state index < -0.39 is 0 Å². The monoisotopic (exact) mass is 468 g/mol. The summed E-state index contributed by atoms with van der Waals surface area (Å²) in [5, 5.41) is 1.05. The van der Waals surface area contributed by atoms with Gasteiger partial charge in [0.15, 0.2) is 0 Å². The Morgan fingerprint density at radius 2 is 1.97 bits per heavy atom. The van der Waals surface area contributed by atoms with Gasteiger partial charge in [0.25, 0.3) is 5.91 Å². The molecular weight excluding hydrogens is 451 g/mol. The SMILES string of the molecule is CCN(CC)C(=O)CN1C(=O)C(=Cc2ccc(-c3cc(Cl)ccc3Cl)o2)SC1=S. The molecule has 2 amide bonds. The number of amides is 2. The Hall–Kier alpha value is -1.80. The lowest BCUT2D eigenvalue weighted by Gasteiger charge is -2.22. The van der Waals surface area contributed by atoms with Crippen molar-refractivity contribution in [1.82, 2.24) is 9.80 Å². The van der Waals surface area contributed by atoms with Crippen LogP contribution in [0.1, 0.15) is 19.6 Å². The molecule has 1 aromatic heterocycles. The van der Waals surface area contributed by atoms with Crippen LogP contribution in [0.4, 0.5) is 0 Å². The third kappa shape index (κ3) is 4.86. The predicted octanol–water partition coefficient (Wildman–Crippen LogP) is 5.32. The Morgan fingerprint density at radius 3 is 2.66 bits per heavy atom. The summed E-state index contributed by atoms with van der Waals surface area (Å²) in [7, 11) is 0. The lowest BCUT2D eigenvalue weighted by molar-refractivity contribution is -0.135. The highest BCUT2D eigenvalue weighted by Crippen LogP contribution is 2.35. The van der Waals surface area contributed by atoms with E-state index in [2.05, 4.69) is 0 Å². The minimum absolute atomic E-state index is 0.0643. The second kappa shape index (κ2) is 9.34. The number of rotatable bonds is 6. The number of benzene rings is 1. The molecule has 1 aliphatic heterocycles. The lowest BCUT2D eigenvalue weighted by Crippen LogP contribution is -2.41. The standard InChI is InChI=1S/C20H18Cl2N2O3S2/c1-3-23(4-2)18(25)11-24-19(26)17(29-20(24)28)10-13-6-8-16(27-13)14-9-12(21)5-7-15(14)22/h5-10H,3-4,11H2,1-2H3. The zero-order chi connectivity index (χ0) is 21.1. The quantitative estimate of drug-likeness (QED) is 0.423. The molecule has 1 aliphatic rings. The number of nitrogens with zero attached hydrogens (tertiary/aromatic N) is 2. The third-order valence-electron chi connectivity index (χ3n) is 4.38. The topological polar surface area (TPSA) is 53.8 Å². The summed E-state index contributed by atoms with van der Waals surface area (Å²) in [6, 6.07) is 8.60. The summed E-state index contributed by atoms with van der Waals surface area (Å²) in [5.74, 6) is 0.574. The molecule has 0 spiro atoms. The van der Waals surface area contributed by atoms with Crippen LogP contribution in [0.5, 0.6) is 0 Å². The third-order valence-corrected chi connectivity index (χ3v) is 6.32. The molecule has 1 saturated heterocycles. The first-order valence-electron chi connectivity index (χ1n) is 8.92. The van der Waals surface area contributed by atoms with E-state index in [1.54, 1.807) is 41.3 Å². The van der Waals surface area contributed by atoms with Crippen LogP contribution >= 0.6 is 47.2 Å². The summed E-state index contributed by atoms with van der Waals surface area (Å²) >= 11 is 18.7. The number of hydrogen-bond donors (Lipinski definition) is 0. The van der Waals surface area contributed by atoms with E-state index in [1.807, 2.05) is 13.8 Å². The number of halogens is 2. The molecule has 0 radical (unpaired) electrons. The molecule has 3 rings (SSSR count). The van der Waals surface area contributed by atoms with Crippen LogP contribution in [-0.2, 0) is 9.59 Å². The molecule has 29 heavy (non-hydrogen) atoms. The summed E-state index contributed by atoms with van der Waals surface area (Å²) in [6.07, 6.45) is 1.61. The van der Waals surface area contributed by atoms with Crippen molar-refractivity contribution in [2.75, 3.05) is 19.6 Å². The van der Waals surface area contributed by atoms with Crippen molar-refractivity contribution >= 4 is 69.4 Å². The molecule has 0 aliphatic carbocycles. The van der Waals surface area contributed by atoms with Crippen molar-refractivity contribution in [3.05, 3.63) is 51.0 Å². The molecule has 152 valence electrons. The van der Waals surface area contributed by atoms with Gasteiger partial charge < -0.3 is 9.32 Å². The first-order chi connectivity index (χ1) is 13.8. The molecule has 2 aromatic rings. The number of carbonyl (C=O) groups excluding carboxylic acids is 2. The van der Waals surface area contributed by atoms with Crippen LogP contribution < -0.4 is 0 Å². The Morgan fingerprint density at radius 1 is 1.24 bits per heavy atom. The van der Waals surface area contributed by atoms with E-state index in [4.69, 9.17) is 39.8 Å². The average Bonchev–Trinajstić information content (AvgIpc) is 3.25. The lowest BCUT2D eigenvalue weighted by atomic mass is 10.2. The van der Waals surface area contributed by atoms with E-state index in [0.29, 0.717) is 49.4 Å². The van der Waals surface area contributed by atoms with Gasteiger partial charge in [-0.05, 0) is 44.2 Å². The van der Waals surface area contributed by atoms with Gasteiger partial charge in [0.1, 0.15) is 22.4 Å². The summed E-state index contributed by atoms with van der Waals surface area (Å²) in [4.78, 5) is 28.5. The van der Waals surface area contributed by atoms with Gasteiger partial charge in [0.05, 0.1) is 9.93 Å². The number of likely N-dealkylation sites (N-methyl/N-ethyl adjacent to an activating group) is 1. The molecule has 0 bridgehead atoms. The van der Waals surface area contributed by atoms with Crippen molar-refractivity contribution in [3.8, 4) is 11.3 Å². The minimum Gasteiger partial charge on any atom is -0.457 e. The molecule has 0 N–H and O–H groups in total. The second-order valence-corrected chi connectivity index (χ2v) is 8.68. The number of thioether (sulfide) groups is 1. The molecule has 5 nitrogen and oxygen atoms in total. The highest BCUT2D eigenvalue weighted by Gasteiger charge is 2.34.